The first-order valence-corrected chi connectivity index (χ1v) is 9.19. The number of aromatic nitrogens is 2. The summed E-state index contributed by atoms with van der Waals surface area (Å²) in [5, 5.41) is 6.45. The van der Waals surface area contributed by atoms with Gasteiger partial charge >= 0.3 is 5.69 Å². The monoisotopic (exact) mass is 373 g/mol. The number of carbonyl (C=O) groups is 1. The highest BCUT2D eigenvalue weighted by molar-refractivity contribution is 8.14. The molecule has 1 aliphatic rings. The van der Waals surface area contributed by atoms with Crippen molar-refractivity contribution in [2.75, 3.05) is 24.2 Å². The van der Waals surface area contributed by atoms with E-state index in [1.54, 1.807) is 0 Å². The standard InChI is InChI=1S/C17H19N5O3S/c23-14-10-13(20-15(24)11-26-16-18-7-8-19-16)22(17(25)21-14)9-6-12-4-2-1-3-5-12/h1-5,10H,6-9,11H2,(H,18,19)(H,20,24)(H,21,23,25). The van der Waals surface area contributed by atoms with E-state index < -0.39 is 11.2 Å². The summed E-state index contributed by atoms with van der Waals surface area (Å²) in [6.07, 6.45) is 0.602. The molecule has 3 N–H and O–H groups in total. The second-order valence-corrected chi connectivity index (χ2v) is 6.63. The number of benzene rings is 1. The Bertz CT molecular complexity index is 920. The molecule has 0 spiro atoms. The number of amides is 1. The molecule has 0 radical (unpaired) electrons. The molecule has 0 fully saturated rings. The third kappa shape index (κ3) is 4.85. The highest BCUT2D eigenvalue weighted by Gasteiger charge is 2.12. The number of amidine groups is 1. The molecule has 0 aliphatic carbocycles. The van der Waals surface area contributed by atoms with E-state index in [0.29, 0.717) is 19.5 Å². The lowest BCUT2D eigenvalue weighted by atomic mass is 10.1. The van der Waals surface area contributed by atoms with Gasteiger partial charge in [0.15, 0.2) is 5.17 Å². The SMILES string of the molecule is O=C(CSC1=NCCN1)Nc1cc(=O)[nH]c(=O)n1CCc1ccccc1. The fourth-order valence-corrected chi connectivity index (χ4v) is 3.24. The summed E-state index contributed by atoms with van der Waals surface area (Å²) in [7, 11) is 0. The minimum Gasteiger partial charge on any atom is -0.363 e. The van der Waals surface area contributed by atoms with E-state index in [9.17, 15) is 14.4 Å². The van der Waals surface area contributed by atoms with Gasteiger partial charge in [0.1, 0.15) is 5.82 Å². The van der Waals surface area contributed by atoms with Crippen LogP contribution in [0.25, 0.3) is 0 Å². The zero-order chi connectivity index (χ0) is 18.4. The molecule has 1 aliphatic heterocycles. The maximum Gasteiger partial charge on any atom is 0.329 e. The van der Waals surface area contributed by atoms with Crippen molar-refractivity contribution < 1.29 is 4.79 Å². The van der Waals surface area contributed by atoms with Gasteiger partial charge in [-0.05, 0) is 12.0 Å². The summed E-state index contributed by atoms with van der Waals surface area (Å²) >= 11 is 1.29. The second kappa shape index (κ2) is 8.52. The van der Waals surface area contributed by atoms with Crippen molar-refractivity contribution in [1.82, 2.24) is 14.9 Å². The Morgan fingerprint density at radius 2 is 2.08 bits per heavy atom. The lowest BCUT2D eigenvalue weighted by Crippen LogP contribution is -2.33. The van der Waals surface area contributed by atoms with Crippen LogP contribution in [0.4, 0.5) is 5.82 Å². The molecular formula is C17H19N5O3S. The van der Waals surface area contributed by atoms with E-state index in [4.69, 9.17) is 0 Å². The van der Waals surface area contributed by atoms with E-state index in [0.717, 1.165) is 17.3 Å². The Balaban J connectivity index is 1.69. The summed E-state index contributed by atoms with van der Waals surface area (Å²) in [5.41, 5.74) is -0.0299. The molecular weight excluding hydrogens is 354 g/mol. The molecule has 3 rings (SSSR count). The molecule has 0 saturated carbocycles. The van der Waals surface area contributed by atoms with E-state index in [1.807, 2.05) is 30.3 Å². The molecule has 0 atom stereocenters. The minimum atomic E-state index is -0.546. The van der Waals surface area contributed by atoms with Crippen LogP contribution in [0.5, 0.6) is 0 Å². The van der Waals surface area contributed by atoms with Gasteiger partial charge in [-0.2, -0.15) is 0 Å². The lowest BCUT2D eigenvalue weighted by molar-refractivity contribution is -0.113. The number of aromatic amines is 1. The Morgan fingerprint density at radius 1 is 1.27 bits per heavy atom. The van der Waals surface area contributed by atoms with Crippen LogP contribution in [0.2, 0.25) is 0 Å². The van der Waals surface area contributed by atoms with Gasteiger partial charge in [0, 0.05) is 19.2 Å². The third-order valence-corrected chi connectivity index (χ3v) is 4.71. The van der Waals surface area contributed by atoms with Crippen LogP contribution in [0.15, 0.2) is 51.0 Å². The minimum absolute atomic E-state index is 0.144. The summed E-state index contributed by atoms with van der Waals surface area (Å²) in [4.78, 5) is 42.4. The van der Waals surface area contributed by atoms with Gasteiger partial charge in [0.2, 0.25) is 5.91 Å². The quantitative estimate of drug-likeness (QED) is 0.680. The number of H-pyrrole nitrogens is 1. The average molecular weight is 373 g/mol. The summed E-state index contributed by atoms with van der Waals surface area (Å²) < 4.78 is 1.36. The third-order valence-electron chi connectivity index (χ3n) is 3.75. The average Bonchev–Trinajstić information content (AvgIpc) is 3.13. The first-order valence-electron chi connectivity index (χ1n) is 8.21. The zero-order valence-corrected chi connectivity index (χ0v) is 14.8. The highest BCUT2D eigenvalue weighted by atomic mass is 32.2. The fourth-order valence-electron chi connectivity index (χ4n) is 2.52. The smallest absolute Gasteiger partial charge is 0.329 e. The van der Waals surface area contributed by atoms with Crippen LogP contribution in [0.1, 0.15) is 5.56 Å². The number of rotatable bonds is 6. The fraction of sp³-hybridized carbons (Fsp3) is 0.294. The number of aliphatic imine (C=N–C) groups is 1. The van der Waals surface area contributed by atoms with Crippen LogP contribution < -0.4 is 21.9 Å². The number of aryl methyl sites for hydroxylation is 1. The van der Waals surface area contributed by atoms with Crippen molar-refractivity contribution in [1.29, 1.82) is 0 Å². The predicted octanol–water partition coefficient (Wildman–Crippen LogP) is 0.410. The molecule has 26 heavy (non-hydrogen) atoms. The van der Waals surface area contributed by atoms with E-state index in [1.165, 1.54) is 22.4 Å². The summed E-state index contributed by atoms with van der Waals surface area (Å²) in [6, 6.07) is 10.9. The van der Waals surface area contributed by atoms with Crippen molar-refractivity contribution in [3.05, 3.63) is 62.8 Å². The van der Waals surface area contributed by atoms with Crippen molar-refractivity contribution in [3.63, 3.8) is 0 Å². The van der Waals surface area contributed by atoms with Gasteiger partial charge in [0.05, 0.1) is 12.3 Å². The molecule has 2 aromatic rings. The Labute approximate surface area is 153 Å². The number of hydrogen-bond acceptors (Lipinski definition) is 6. The van der Waals surface area contributed by atoms with Gasteiger partial charge in [-0.3, -0.25) is 24.1 Å². The molecule has 1 aromatic heterocycles. The normalized spacial score (nSPS) is 13.2. The number of nitrogens with one attached hydrogen (secondary N) is 3. The van der Waals surface area contributed by atoms with Crippen molar-refractivity contribution in [3.8, 4) is 0 Å². The molecule has 0 saturated heterocycles. The van der Waals surface area contributed by atoms with E-state index in [-0.39, 0.29) is 17.5 Å². The maximum absolute atomic E-state index is 12.2. The van der Waals surface area contributed by atoms with Crippen LogP contribution in [-0.4, -0.2) is 39.5 Å². The molecule has 1 amide bonds. The van der Waals surface area contributed by atoms with Crippen molar-refractivity contribution in [2.24, 2.45) is 4.99 Å². The molecule has 2 heterocycles. The van der Waals surface area contributed by atoms with Gasteiger partial charge in [-0.25, -0.2) is 4.79 Å². The first kappa shape index (κ1) is 18.0. The van der Waals surface area contributed by atoms with Gasteiger partial charge < -0.3 is 10.6 Å². The number of hydrogen-bond donors (Lipinski definition) is 3. The van der Waals surface area contributed by atoms with Crippen LogP contribution in [0.3, 0.4) is 0 Å². The number of carbonyl (C=O) groups excluding carboxylic acids is 1. The van der Waals surface area contributed by atoms with E-state index in [2.05, 4.69) is 20.6 Å². The first-order chi connectivity index (χ1) is 12.6. The van der Waals surface area contributed by atoms with Gasteiger partial charge in [-0.1, -0.05) is 42.1 Å². The van der Waals surface area contributed by atoms with Gasteiger partial charge in [-0.15, -0.1) is 0 Å². The molecule has 0 bridgehead atoms. The maximum atomic E-state index is 12.2. The number of nitrogens with zero attached hydrogens (tertiary/aromatic N) is 2. The molecule has 8 nitrogen and oxygen atoms in total. The Kier molecular flexibility index (Phi) is 5.90. The van der Waals surface area contributed by atoms with Crippen LogP contribution in [0, 0.1) is 0 Å². The van der Waals surface area contributed by atoms with Crippen molar-refractivity contribution in [2.45, 2.75) is 13.0 Å². The molecule has 1 aromatic carbocycles. The lowest BCUT2D eigenvalue weighted by Gasteiger charge is -2.13. The summed E-state index contributed by atoms with van der Waals surface area (Å²) in [6.45, 7) is 1.82. The zero-order valence-electron chi connectivity index (χ0n) is 14.0. The number of thioether (sulfide) groups is 1. The highest BCUT2D eigenvalue weighted by Crippen LogP contribution is 2.09. The van der Waals surface area contributed by atoms with Crippen molar-refractivity contribution >= 4 is 28.7 Å². The molecule has 136 valence electrons. The Morgan fingerprint density at radius 3 is 2.81 bits per heavy atom. The largest absolute Gasteiger partial charge is 0.363 e. The number of anilines is 1. The second-order valence-electron chi connectivity index (χ2n) is 5.66. The predicted molar refractivity (Wildman–Crippen MR) is 103 cm³/mol. The Hall–Kier alpha value is -2.81. The molecule has 9 heteroatoms. The molecule has 0 unspecified atom stereocenters. The topological polar surface area (TPSA) is 108 Å². The summed E-state index contributed by atoms with van der Waals surface area (Å²) in [5.74, 6) is 0.0392. The van der Waals surface area contributed by atoms with Crippen LogP contribution >= 0.6 is 11.8 Å². The van der Waals surface area contributed by atoms with E-state index >= 15 is 0 Å². The van der Waals surface area contributed by atoms with Gasteiger partial charge in [0.25, 0.3) is 5.56 Å². The van der Waals surface area contributed by atoms with Crippen LogP contribution in [-0.2, 0) is 17.8 Å².